The molecule has 0 fully saturated rings. The van der Waals surface area contributed by atoms with Gasteiger partial charge in [0.05, 0.1) is 12.3 Å². The highest BCUT2D eigenvalue weighted by molar-refractivity contribution is 7.90. The Bertz CT molecular complexity index is 459. The molecule has 0 amide bonds. The fraction of sp³-hybridized carbons (Fsp3) is 0.667. The minimum atomic E-state index is -3.08. The van der Waals surface area contributed by atoms with E-state index < -0.39 is 16.4 Å². The highest BCUT2D eigenvalue weighted by Gasteiger charge is 2.14. The Hall–Kier alpha value is -1.02. The molecular weight excluding hydrogens is 252 g/mol. The SMILES string of the molecule is CC(CS(C)(=O)=O)NCc1nccn1C(F)F. The fourth-order valence-electron chi connectivity index (χ4n) is 1.44. The van der Waals surface area contributed by atoms with Crippen molar-refractivity contribution in [3.63, 3.8) is 0 Å². The van der Waals surface area contributed by atoms with Crippen LogP contribution < -0.4 is 5.32 Å². The van der Waals surface area contributed by atoms with Gasteiger partial charge in [-0.15, -0.1) is 0 Å². The molecule has 0 saturated heterocycles. The van der Waals surface area contributed by atoms with Crippen molar-refractivity contribution in [3.05, 3.63) is 18.2 Å². The first-order valence-electron chi connectivity index (χ1n) is 5.00. The van der Waals surface area contributed by atoms with Crippen LogP contribution in [0, 0.1) is 0 Å². The number of nitrogens with one attached hydrogen (secondary N) is 1. The smallest absolute Gasteiger partial charge is 0.306 e. The normalized spacial score (nSPS) is 14.2. The summed E-state index contributed by atoms with van der Waals surface area (Å²) in [6.07, 6.45) is 3.60. The van der Waals surface area contributed by atoms with Crippen molar-refractivity contribution >= 4 is 9.84 Å². The molecule has 5 nitrogen and oxygen atoms in total. The molecule has 0 spiro atoms. The molecule has 1 rings (SSSR count). The summed E-state index contributed by atoms with van der Waals surface area (Å²) in [4.78, 5) is 3.78. The van der Waals surface area contributed by atoms with Crippen LogP contribution in [0.3, 0.4) is 0 Å². The molecule has 1 N–H and O–H groups in total. The molecule has 0 bridgehead atoms. The van der Waals surface area contributed by atoms with Crippen molar-refractivity contribution in [2.45, 2.75) is 26.1 Å². The summed E-state index contributed by atoms with van der Waals surface area (Å²) < 4.78 is 47.6. The van der Waals surface area contributed by atoms with Gasteiger partial charge in [0.1, 0.15) is 15.7 Å². The molecule has 17 heavy (non-hydrogen) atoms. The van der Waals surface area contributed by atoms with E-state index in [1.54, 1.807) is 6.92 Å². The van der Waals surface area contributed by atoms with E-state index >= 15 is 0 Å². The van der Waals surface area contributed by atoms with Crippen LogP contribution in [0.2, 0.25) is 0 Å². The summed E-state index contributed by atoms with van der Waals surface area (Å²) in [7, 11) is -3.08. The van der Waals surface area contributed by atoms with Crippen LogP contribution in [0.1, 0.15) is 19.3 Å². The van der Waals surface area contributed by atoms with Crippen molar-refractivity contribution < 1.29 is 17.2 Å². The number of hydrogen-bond donors (Lipinski definition) is 1. The first-order chi connectivity index (χ1) is 7.79. The van der Waals surface area contributed by atoms with Crippen LogP contribution in [-0.2, 0) is 16.4 Å². The van der Waals surface area contributed by atoms with Crippen molar-refractivity contribution in [2.24, 2.45) is 0 Å². The summed E-state index contributed by atoms with van der Waals surface area (Å²) in [5, 5.41) is 2.84. The van der Waals surface area contributed by atoms with Crippen molar-refractivity contribution in [1.29, 1.82) is 0 Å². The van der Waals surface area contributed by atoms with E-state index in [9.17, 15) is 17.2 Å². The quantitative estimate of drug-likeness (QED) is 0.828. The van der Waals surface area contributed by atoms with Crippen molar-refractivity contribution in [3.8, 4) is 0 Å². The maximum atomic E-state index is 12.5. The molecule has 8 heteroatoms. The van der Waals surface area contributed by atoms with Crippen LogP contribution >= 0.6 is 0 Å². The van der Waals surface area contributed by atoms with Gasteiger partial charge in [0.15, 0.2) is 0 Å². The van der Waals surface area contributed by atoms with Crippen LogP contribution in [0.25, 0.3) is 0 Å². The molecular formula is C9H15F2N3O2S. The molecule has 0 radical (unpaired) electrons. The van der Waals surface area contributed by atoms with Crippen molar-refractivity contribution in [1.82, 2.24) is 14.9 Å². The maximum absolute atomic E-state index is 12.5. The van der Waals surface area contributed by atoms with E-state index in [2.05, 4.69) is 10.3 Å². The van der Waals surface area contributed by atoms with Crippen molar-refractivity contribution in [2.75, 3.05) is 12.0 Å². The Kier molecular flexibility index (Phi) is 4.58. The molecule has 0 aromatic carbocycles. The van der Waals surface area contributed by atoms with Gasteiger partial charge in [-0.1, -0.05) is 0 Å². The number of nitrogens with zero attached hydrogens (tertiary/aromatic N) is 2. The zero-order chi connectivity index (χ0) is 13.1. The van der Waals surface area contributed by atoms with Gasteiger partial charge in [-0.2, -0.15) is 8.78 Å². The lowest BCUT2D eigenvalue weighted by atomic mass is 10.4. The van der Waals surface area contributed by atoms with E-state index in [1.807, 2.05) is 0 Å². The molecule has 0 aliphatic rings. The number of sulfone groups is 1. The molecule has 0 aliphatic carbocycles. The molecule has 98 valence electrons. The van der Waals surface area contributed by atoms with Gasteiger partial charge in [0, 0.05) is 24.7 Å². The summed E-state index contributed by atoms with van der Waals surface area (Å²) >= 11 is 0. The Morgan fingerprint density at radius 3 is 2.71 bits per heavy atom. The van der Waals surface area contributed by atoms with Crippen LogP contribution in [0.5, 0.6) is 0 Å². The van der Waals surface area contributed by atoms with Crippen LogP contribution in [0.15, 0.2) is 12.4 Å². The van der Waals surface area contributed by atoms with E-state index in [4.69, 9.17) is 0 Å². The van der Waals surface area contributed by atoms with Gasteiger partial charge in [0.25, 0.3) is 0 Å². The second-order valence-electron chi connectivity index (χ2n) is 3.90. The largest absolute Gasteiger partial charge is 0.319 e. The van der Waals surface area contributed by atoms with Gasteiger partial charge in [0.2, 0.25) is 0 Å². The standard InChI is InChI=1S/C9H15F2N3O2S/c1-7(6-17(2,15)16)13-5-8-12-3-4-14(8)9(10)11/h3-4,7,9,13H,5-6H2,1-2H3. The van der Waals surface area contributed by atoms with Gasteiger partial charge in [-0.3, -0.25) is 4.57 Å². The van der Waals surface area contributed by atoms with Crippen LogP contribution in [0.4, 0.5) is 8.78 Å². The Labute approximate surface area is 98.8 Å². The minimum Gasteiger partial charge on any atom is -0.306 e. The number of hydrogen-bond acceptors (Lipinski definition) is 4. The molecule has 1 unspecified atom stereocenters. The molecule has 1 aromatic rings. The predicted octanol–water partition coefficient (Wildman–Crippen LogP) is 0.801. The lowest BCUT2D eigenvalue weighted by Crippen LogP contribution is -2.33. The third-order valence-electron chi connectivity index (χ3n) is 2.12. The van der Waals surface area contributed by atoms with Gasteiger partial charge < -0.3 is 5.32 Å². The number of alkyl halides is 2. The average molecular weight is 267 g/mol. The second kappa shape index (κ2) is 5.54. The average Bonchev–Trinajstić information content (AvgIpc) is 2.59. The predicted molar refractivity (Wildman–Crippen MR) is 59.5 cm³/mol. The zero-order valence-corrected chi connectivity index (χ0v) is 10.4. The fourth-order valence-corrected chi connectivity index (χ4v) is 2.46. The lowest BCUT2D eigenvalue weighted by Gasteiger charge is -2.13. The molecule has 0 saturated carbocycles. The molecule has 1 atom stereocenters. The number of rotatable bonds is 6. The van der Waals surface area contributed by atoms with Gasteiger partial charge in [-0.25, -0.2) is 13.4 Å². The minimum absolute atomic E-state index is 0.0393. The molecule has 0 aliphatic heterocycles. The zero-order valence-electron chi connectivity index (χ0n) is 9.60. The maximum Gasteiger partial charge on any atom is 0.319 e. The third-order valence-corrected chi connectivity index (χ3v) is 3.23. The Morgan fingerprint density at radius 1 is 1.53 bits per heavy atom. The summed E-state index contributed by atoms with van der Waals surface area (Å²) in [5.41, 5.74) is 0. The first kappa shape index (κ1) is 14.0. The Morgan fingerprint density at radius 2 is 2.18 bits per heavy atom. The number of aromatic nitrogens is 2. The highest BCUT2D eigenvalue weighted by Crippen LogP contribution is 2.12. The van der Waals surface area contributed by atoms with Crippen LogP contribution in [-0.4, -0.2) is 36.0 Å². The number of halogens is 2. The van der Waals surface area contributed by atoms with E-state index in [1.165, 1.54) is 12.4 Å². The topological polar surface area (TPSA) is 64.0 Å². The van der Waals surface area contributed by atoms with Gasteiger partial charge >= 0.3 is 6.55 Å². The summed E-state index contributed by atoms with van der Waals surface area (Å²) in [6, 6.07) is -0.312. The monoisotopic (exact) mass is 267 g/mol. The molecule has 1 heterocycles. The molecule has 1 aromatic heterocycles. The third kappa shape index (κ3) is 4.78. The van der Waals surface area contributed by atoms with E-state index in [0.29, 0.717) is 0 Å². The second-order valence-corrected chi connectivity index (χ2v) is 6.09. The highest BCUT2D eigenvalue weighted by atomic mass is 32.2. The number of imidazole rings is 1. The van der Waals surface area contributed by atoms with Gasteiger partial charge in [-0.05, 0) is 6.92 Å². The van der Waals surface area contributed by atoms with E-state index in [0.717, 1.165) is 10.8 Å². The van der Waals surface area contributed by atoms with E-state index in [-0.39, 0.29) is 24.2 Å². The lowest BCUT2D eigenvalue weighted by molar-refractivity contribution is 0.0665. The Balaban J connectivity index is 2.53. The summed E-state index contributed by atoms with van der Waals surface area (Å²) in [5.74, 6) is 0.142. The summed E-state index contributed by atoms with van der Waals surface area (Å²) in [6.45, 7) is -0.857. The first-order valence-corrected chi connectivity index (χ1v) is 7.06.